The predicted octanol–water partition coefficient (Wildman–Crippen LogP) is 6.45. The summed E-state index contributed by atoms with van der Waals surface area (Å²) in [4.78, 5) is 30.0. The van der Waals surface area contributed by atoms with E-state index in [1.54, 1.807) is 11.3 Å². The number of rotatable bonds is 3. The van der Waals surface area contributed by atoms with E-state index in [1.807, 2.05) is 36.6 Å². The van der Waals surface area contributed by atoms with E-state index in [-0.39, 0.29) is 16.7 Å². The first-order valence-electron chi connectivity index (χ1n) is 12.6. The molecule has 0 saturated carbocycles. The van der Waals surface area contributed by atoms with Crippen LogP contribution in [0.25, 0.3) is 15.9 Å². The van der Waals surface area contributed by atoms with Crippen molar-refractivity contribution in [1.82, 2.24) is 9.13 Å². The number of aromatic nitrogens is 2. The summed E-state index contributed by atoms with van der Waals surface area (Å²) in [6, 6.07) is 14.4. The third kappa shape index (κ3) is 4.31. The second-order valence-corrected chi connectivity index (χ2v) is 12.1. The second kappa shape index (κ2) is 8.94. The summed E-state index contributed by atoms with van der Waals surface area (Å²) in [5.41, 5.74) is 6.00. The van der Waals surface area contributed by atoms with Crippen molar-refractivity contribution in [1.29, 1.82) is 0 Å². The summed E-state index contributed by atoms with van der Waals surface area (Å²) in [5, 5.41) is 0.746. The number of nitrogens with zero attached hydrogens (tertiary/aromatic N) is 2. The van der Waals surface area contributed by atoms with E-state index in [4.69, 9.17) is 0 Å². The molecule has 2 aromatic heterocycles. The molecular formula is C30H34N2O2S. The minimum Gasteiger partial charge on any atom is -0.280 e. The molecule has 0 radical (unpaired) electrons. The van der Waals surface area contributed by atoms with Gasteiger partial charge in [-0.05, 0) is 84.9 Å². The maximum absolute atomic E-state index is 13.9. The molecule has 0 aliphatic heterocycles. The summed E-state index contributed by atoms with van der Waals surface area (Å²) in [5.74, 6) is 0. The molecule has 4 nitrogen and oxygen atoms in total. The predicted molar refractivity (Wildman–Crippen MR) is 147 cm³/mol. The van der Waals surface area contributed by atoms with Gasteiger partial charge in [-0.25, -0.2) is 9.36 Å². The Morgan fingerprint density at radius 3 is 2.29 bits per heavy atom. The zero-order valence-electron chi connectivity index (χ0n) is 21.4. The smallest absolute Gasteiger partial charge is 0.280 e. The molecule has 0 atom stereocenters. The molecule has 0 bridgehead atoms. The molecule has 5 heteroatoms. The Morgan fingerprint density at radius 2 is 1.60 bits per heavy atom. The van der Waals surface area contributed by atoms with Crippen LogP contribution in [-0.4, -0.2) is 9.13 Å². The fraction of sp³-hybridized carbons (Fsp3) is 0.400. The van der Waals surface area contributed by atoms with Gasteiger partial charge in [-0.15, -0.1) is 11.3 Å². The summed E-state index contributed by atoms with van der Waals surface area (Å²) < 4.78 is 3.23. The van der Waals surface area contributed by atoms with E-state index in [9.17, 15) is 9.59 Å². The van der Waals surface area contributed by atoms with E-state index in [0.717, 1.165) is 52.6 Å². The van der Waals surface area contributed by atoms with Gasteiger partial charge in [0.25, 0.3) is 5.56 Å². The van der Waals surface area contributed by atoms with E-state index >= 15 is 0 Å². The first-order chi connectivity index (χ1) is 16.6. The van der Waals surface area contributed by atoms with Crippen molar-refractivity contribution in [3.8, 4) is 5.69 Å². The Kier molecular flexibility index (Phi) is 6.08. The third-order valence-corrected chi connectivity index (χ3v) is 8.71. The van der Waals surface area contributed by atoms with Crippen molar-refractivity contribution >= 4 is 21.6 Å². The lowest BCUT2D eigenvalue weighted by Gasteiger charge is -2.19. The zero-order valence-corrected chi connectivity index (χ0v) is 22.2. The highest BCUT2D eigenvalue weighted by atomic mass is 32.1. The molecule has 0 unspecified atom stereocenters. The third-order valence-electron chi connectivity index (χ3n) is 7.40. The topological polar surface area (TPSA) is 44.0 Å². The monoisotopic (exact) mass is 486 g/mol. The molecule has 0 fully saturated rings. The summed E-state index contributed by atoms with van der Waals surface area (Å²) in [7, 11) is 0. The van der Waals surface area contributed by atoms with Gasteiger partial charge in [-0.1, -0.05) is 57.5 Å². The van der Waals surface area contributed by atoms with Crippen molar-refractivity contribution in [2.24, 2.45) is 0 Å². The van der Waals surface area contributed by atoms with Crippen LogP contribution in [0.4, 0.5) is 0 Å². The van der Waals surface area contributed by atoms with Gasteiger partial charge in [0.15, 0.2) is 0 Å². The molecule has 182 valence electrons. The molecule has 0 saturated heterocycles. The molecule has 4 aromatic rings. The van der Waals surface area contributed by atoms with Crippen LogP contribution in [0.1, 0.15) is 72.7 Å². The number of fused-ring (bicyclic) bond motifs is 3. The Hall–Kier alpha value is -2.92. The average molecular weight is 487 g/mol. The van der Waals surface area contributed by atoms with Crippen molar-refractivity contribution in [3.63, 3.8) is 0 Å². The van der Waals surface area contributed by atoms with Crippen LogP contribution in [0.15, 0.2) is 52.1 Å². The van der Waals surface area contributed by atoms with E-state index < -0.39 is 0 Å². The maximum atomic E-state index is 13.9. The van der Waals surface area contributed by atoms with Crippen LogP contribution in [0.2, 0.25) is 0 Å². The summed E-state index contributed by atoms with van der Waals surface area (Å²) >= 11 is 1.65. The van der Waals surface area contributed by atoms with E-state index in [0.29, 0.717) is 12.2 Å². The molecule has 1 aliphatic carbocycles. The van der Waals surface area contributed by atoms with Crippen LogP contribution in [-0.2, 0) is 24.8 Å². The Balaban J connectivity index is 1.75. The van der Waals surface area contributed by atoms with Gasteiger partial charge in [0.05, 0.1) is 17.6 Å². The van der Waals surface area contributed by atoms with Crippen molar-refractivity contribution < 1.29 is 0 Å². The number of benzene rings is 2. The molecule has 35 heavy (non-hydrogen) atoms. The normalized spacial score (nSPS) is 14.2. The molecule has 0 N–H and O–H groups in total. The highest BCUT2D eigenvalue weighted by molar-refractivity contribution is 7.18. The van der Waals surface area contributed by atoms with Crippen LogP contribution < -0.4 is 11.2 Å². The quantitative estimate of drug-likeness (QED) is 0.313. The number of thiophene rings is 1. The fourth-order valence-corrected chi connectivity index (χ4v) is 6.44. The molecule has 2 heterocycles. The van der Waals surface area contributed by atoms with Gasteiger partial charge >= 0.3 is 5.69 Å². The maximum Gasteiger partial charge on any atom is 0.337 e. The van der Waals surface area contributed by atoms with Gasteiger partial charge in [0.2, 0.25) is 0 Å². The van der Waals surface area contributed by atoms with Crippen LogP contribution in [0, 0.1) is 13.8 Å². The minimum absolute atomic E-state index is 0.0739. The molecular weight excluding hydrogens is 452 g/mol. The van der Waals surface area contributed by atoms with Gasteiger partial charge in [0, 0.05) is 4.88 Å². The van der Waals surface area contributed by atoms with Gasteiger partial charge in [0.1, 0.15) is 4.83 Å². The number of hydrogen-bond donors (Lipinski definition) is 0. The molecule has 0 spiro atoms. The lowest BCUT2D eigenvalue weighted by molar-refractivity contribution is 0.589. The minimum atomic E-state index is -0.262. The highest BCUT2D eigenvalue weighted by Gasteiger charge is 2.24. The Morgan fingerprint density at radius 1 is 0.886 bits per heavy atom. The lowest BCUT2D eigenvalue weighted by atomic mass is 9.87. The van der Waals surface area contributed by atoms with Crippen LogP contribution in [0.5, 0.6) is 0 Å². The first-order valence-corrected chi connectivity index (χ1v) is 13.4. The van der Waals surface area contributed by atoms with Crippen molar-refractivity contribution in [2.45, 2.75) is 78.7 Å². The largest absolute Gasteiger partial charge is 0.337 e. The van der Waals surface area contributed by atoms with Crippen LogP contribution >= 0.6 is 11.3 Å². The van der Waals surface area contributed by atoms with Crippen molar-refractivity contribution in [3.05, 3.63) is 96.0 Å². The molecule has 0 amide bonds. The second-order valence-electron chi connectivity index (χ2n) is 11.0. The SMILES string of the molecule is Cc1ccc(-n2c(=O)c3c4c(sc3n(Cc3ccc(C(C)(C)C)cc3)c2=O)CCCCC4)cc1C. The van der Waals surface area contributed by atoms with E-state index in [1.165, 1.54) is 27.0 Å². The molecule has 5 rings (SSSR count). The molecule has 2 aromatic carbocycles. The summed E-state index contributed by atoms with van der Waals surface area (Å²) in [6.45, 7) is 11.1. The summed E-state index contributed by atoms with van der Waals surface area (Å²) in [6.07, 6.45) is 5.33. The number of aryl methyl sites for hydroxylation is 4. The van der Waals surface area contributed by atoms with Crippen LogP contribution in [0.3, 0.4) is 0 Å². The Bertz CT molecular complexity index is 1530. The first kappa shape index (κ1) is 23.8. The van der Waals surface area contributed by atoms with Gasteiger partial charge in [-0.3, -0.25) is 9.36 Å². The Labute approximate surface area is 210 Å². The van der Waals surface area contributed by atoms with E-state index in [2.05, 4.69) is 45.0 Å². The molecule has 1 aliphatic rings. The van der Waals surface area contributed by atoms with Gasteiger partial charge in [-0.2, -0.15) is 0 Å². The standard InChI is InChI=1S/C30H34N2O2S/c1-19-11-16-23(17-20(19)2)32-27(33)26-24-9-7-6-8-10-25(24)35-28(26)31(29(32)34)18-21-12-14-22(15-13-21)30(3,4)5/h11-17H,6-10,18H2,1-5H3. The number of hydrogen-bond acceptors (Lipinski definition) is 3. The fourth-order valence-electron chi connectivity index (χ4n) is 5.07. The highest BCUT2D eigenvalue weighted by Crippen LogP contribution is 2.34. The lowest BCUT2D eigenvalue weighted by Crippen LogP contribution is -2.39. The average Bonchev–Trinajstić information content (AvgIpc) is 3.01. The van der Waals surface area contributed by atoms with Gasteiger partial charge < -0.3 is 0 Å². The van der Waals surface area contributed by atoms with Crippen molar-refractivity contribution in [2.75, 3.05) is 0 Å². The zero-order chi connectivity index (χ0) is 24.9.